The lowest BCUT2D eigenvalue weighted by molar-refractivity contribution is -0.204. The molecule has 2 aromatic rings. The van der Waals surface area contributed by atoms with Gasteiger partial charge < -0.3 is 14.6 Å². The van der Waals surface area contributed by atoms with E-state index in [1.54, 1.807) is 12.1 Å². The molecule has 0 spiro atoms. The van der Waals surface area contributed by atoms with Crippen LogP contribution in [-0.4, -0.2) is 56.1 Å². The number of fused-ring (bicyclic) bond motifs is 6. The van der Waals surface area contributed by atoms with E-state index in [1.165, 1.54) is 24.8 Å². The standard InChI is InChI=1S/C34H38FN3O5S/c1-31-17-20-19-37-38(23-7-5-22(35)6-8-23)26(20)16-21(31)4-9-24-25-10-11-34(30(41)44-15-14-36,32(25,2)18-27(39)28(24)31)43-29(40)33(42-3)12-13-33/h5-8,16,19,24-25,27-28,39H,4,9-13,15,17-18H2,1-3H3/t24-,25-,27?,28+,31?,32?,34?/m0/s1. The van der Waals surface area contributed by atoms with E-state index >= 15 is 0 Å². The van der Waals surface area contributed by atoms with E-state index in [1.807, 2.05) is 23.9 Å². The summed E-state index contributed by atoms with van der Waals surface area (Å²) in [4.78, 5) is 27.4. The van der Waals surface area contributed by atoms with Crippen LogP contribution in [0.25, 0.3) is 11.8 Å². The number of aliphatic hydroxyl groups is 1. The molecule has 7 atom stereocenters. The Morgan fingerprint density at radius 1 is 1.20 bits per heavy atom. The van der Waals surface area contributed by atoms with Crippen molar-refractivity contribution in [1.82, 2.24) is 9.78 Å². The van der Waals surface area contributed by atoms with Crippen LogP contribution >= 0.6 is 11.8 Å². The largest absolute Gasteiger partial charge is 0.447 e. The van der Waals surface area contributed by atoms with Crippen molar-refractivity contribution in [3.63, 3.8) is 0 Å². The number of ether oxygens (including phenoxy) is 2. The van der Waals surface area contributed by atoms with Gasteiger partial charge in [0.2, 0.25) is 5.12 Å². The van der Waals surface area contributed by atoms with Crippen molar-refractivity contribution in [2.24, 2.45) is 28.6 Å². The number of aliphatic hydroxyl groups excluding tert-OH is 1. The van der Waals surface area contributed by atoms with Crippen molar-refractivity contribution in [3.05, 3.63) is 53.1 Å². The minimum atomic E-state index is -1.43. The number of hydrogen-bond donors (Lipinski definition) is 1. The van der Waals surface area contributed by atoms with Crippen LogP contribution < -0.4 is 0 Å². The molecule has 1 aromatic heterocycles. The average molecular weight is 620 g/mol. The fourth-order valence-corrected chi connectivity index (χ4v) is 10.4. The van der Waals surface area contributed by atoms with Gasteiger partial charge in [0, 0.05) is 12.5 Å². The maximum absolute atomic E-state index is 14.0. The van der Waals surface area contributed by atoms with Crippen molar-refractivity contribution in [1.29, 1.82) is 5.26 Å². The molecular weight excluding hydrogens is 581 g/mol. The molecule has 1 aromatic carbocycles. The van der Waals surface area contributed by atoms with Crippen molar-refractivity contribution < 1.29 is 28.6 Å². The number of halogens is 1. The van der Waals surface area contributed by atoms with Gasteiger partial charge in [0.25, 0.3) is 0 Å². The second kappa shape index (κ2) is 10.3. The highest BCUT2D eigenvalue weighted by Gasteiger charge is 2.71. The Kier molecular flexibility index (Phi) is 6.93. The highest BCUT2D eigenvalue weighted by atomic mass is 32.2. The van der Waals surface area contributed by atoms with E-state index < -0.39 is 28.7 Å². The molecule has 4 fully saturated rings. The third-order valence-electron chi connectivity index (χ3n) is 11.9. The summed E-state index contributed by atoms with van der Waals surface area (Å²) in [5.74, 6) is -0.670. The molecule has 8 nitrogen and oxygen atoms in total. The Bertz CT molecular complexity index is 1590. The number of benzene rings is 1. The van der Waals surface area contributed by atoms with Gasteiger partial charge in [-0.1, -0.05) is 31.2 Å². The number of aromatic nitrogens is 2. The minimum absolute atomic E-state index is 0.0247. The van der Waals surface area contributed by atoms with Gasteiger partial charge in [0.15, 0.2) is 11.2 Å². The third kappa shape index (κ3) is 4.11. The molecule has 5 aliphatic carbocycles. The number of nitriles is 1. The molecule has 4 unspecified atom stereocenters. The van der Waals surface area contributed by atoms with Crippen molar-refractivity contribution >= 4 is 28.9 Å². The van der Waals surface area contributed by atoms with E-state index in [0.29, 0.717) is 32.1 Å². The quantitative estimate of drug-likeness (QED) is 0.427. The predicted octanol–water partition coefficient (Wildman–Crippen LogP) is 5.41. The van der Waals surface area contributed by atoms with Crippen molar-refractivity contribution in [2.75, 3.05) is 12.9 Å². The van der Waals surface area contributed by atoms with Gasteiger partial charge in [0.1, 0.15) is 5.82 Å². The van der Waals surface area contributed by atoms with Crippen LogP contribution in [-0.2, 0) is 25.5 Å². The van der Waals surface area contributed by atoms with Crippen LogP contribution in [0.3, 0.4) is 0 Å². The van der Waals surface area contributed by atoms with Crippen LogP contribution in [0.4, 0.5) is 4.39 Å². The van der Waals surface area contributed by atoms with Crippen LogP contribution in [0.15, 0.2) is 36.0 Å². The Labute approximate surface area is 261 Å². The molecule has 1 N–H and O–H groups in total. The number of allylic oxidation sites excluding steroid dienone is 1. The number of carbonyl (C=O) groups excluding carboxylic acids is 2. The van der Waals surface area contributed by atoms with Gasteiger partial charge in [-0.2, -0.15) is 10.4 Å². The molecule has 4 saturated carbocycles. The Balaban J connectivity index is 1.22. The van der Waals surface area contributed by atoms with E-state index in [9.17, 15) is 24.3 Å². The van der Waals surface area contributed by atoms with Crippen LogP contribution in [0.2, 0.25) is 0 Å². The van der Waals surface area contributed by atoms with Gasteiger partial charge in [0.05, 0.1) is 35.5 Å². The first kappa shape index (κ1) is 29.7. The minimum Gasteiger partial charge on any atom is -0.447 e. The summed E-state index contributed by atoms with van der Waals surface area (Å²) in [6.07, 6.45) is 8.34. The molecule has 0 amide bonds. The zero-order valence-corrected chi connectivity index (χ0v) is 26.2. The van der Waals surface area contributed by atoms with Crippen LogP contribution in [0.5, 0.6) is 0 Å². The number of methoxy groups -OCH3 is 1. The summed E-state index contributed by atoms with van der Waals surface area (Å²) >= 11 is 0.910. The molecule has 232 valence electrons. The number of nitrogens with zero attached hydrogens (tertiary/aromatic N) is 3. The average Bonchev–Trinajstić information content (AvgIpc) is 3.63. The predicted molar refractivity (Wildman–Crippen MR) is 162 cm³/mol. The first-order chi connectivity index (χ1) is 21.0. The summed E-state index contributed by atoms with van der Waals surface area (Å²) in [5.41, 5.74) is 0.653. The van der Waals surface area contributed by atoms with Gasteiger partial charge in [-0.3, -0.25) is 4.79 Å². The Morgan fingerprint density at radius 2 is 1.95 bits per heavy atom. The number of hydrogen-bond acceptors (Lipinski definition) is 8. The number of rotatable bonds is 6. The van der Waals surface area contributed by atoms with E-state index in [4.69, 9.17) is 9.47 Å². The van der Waals surface area contributed by atoms with Gasteiger partial charge in [-0.15, -0.1) is 0 Å². The molecule has 0 saturated heterocycles. The molecule has 0 aliphatic heterocycles. The van der Waals surface area contributed by atoms with Crippen LogP contribution in [0, 0.1) is 45.7 Å². The summed E-state index contributed by atoms with van der Waals surface area (Å²) in [7, 11) is 1.49. The summed E-state index contributed by atoms with van der Waals surface area (Å²) in [6.45, 7) is 4.28. The molecule has 0 radical (unpaired) electrons. The lowest BCUT2D eigenvalue weighted by atomic mass is 9.45. The topological polar surface area (TPSA) is 114 Å². The first-order valence-electron chi connectivity index (χ1n) is 15.6. The molecule has 1 heterocycles. The number of thioether (sulfide) groups is 1. The maximum atomic E-state index is 14.0. The Morgan fingerprint density at radius 3 is 2.64 bits per heavy atom. The van der Waals surface area contributed by atoms with Gasteiger partial charge >= 0.3 is 5.97 Å². The molecular formula is C34H38FN3O5S. The summed E-state index contributed by atoms with van der Waals surface area (Å²) in [6, 6.07) is 8.37. The fourth-order valence-electron chi connectivity index (χ4n) is 9.58. The summed E-state index contributed by atoms with van der Waals surface area (Å²) < 4.78 is 27.3. The van der Waals surface area contributed by atoms with Crippen molar-refractivity contribution in [2.45, 2.75) is 82.5 Å². The van der Waals surface area contributed by atoms with E-state index in [2.05, 4.69) is 18.1 Å². The van der Waals surface area contributed by atoms with Gasteiger partial charge in [-0.05, 0) is 110 Å². The zero-order valence-electron chi connectivity index (χ0n) is 25.3. The maximum Gasteiger partial charge on any atom is 0.339 e. The van der Waals surface area contributed by atoms with E-state index in [0.717, 1.165) is 48.0 Å². The third-order valence-corrected chi connectivity index (χ3v) is 12.8. The SMILES string of the molecule is COC1(C(=O)OC2(C(=O)SCC#N)CC[C@H]3[C@@H]4CCC5=Cc6c(cnn6-c6ccc(F)cc6)CC5(C)[C@H]4C(O)CC32C)CC1. The van der Waals surface area contributed by atoms with Gasteiger partial charge in [-0.25, -0.2) is 13.9 Å². The monoisotopic (exact) mass is 619 g/mol. The second-order valence-corrected chi connectivity index (χ2v) is 14.9. The molecule has 7 rings (SSSR count). The smallest absolute Gasteiger partial charge is 0.339 e. The molecule has 0 bridgehead atoms. The Hall–Kier alpha value is -3.00. The summed E-state index contributed by atoms with van der Waals surface area (Å²) in [5, 5.41) is 25.7. The highest BCUT2D eigenvalue weighted by Crippen LogP contribution is 2.69. The van der Waals surface area contributed by atoms with E-state index in [-0.39, 0.29) is 39.9 Å². The van der Waals surface area contributed by atoms with Crippen molar-refractivity contribution in [3.8, 4) is 11.8 Å². The first-order valence-corrected chi connectivity index (χ1v) is 16.6. The molecule has 44 heavy (non-hydrogen) atoms. The second-order valence-electron chi connectivity index (χ2n) is 13.9. The highest BCUT2D eigenvalue weighted by molar-refractivity contribution is 8.14. The lowest BCUT2D eigenvalue weighted by Gasteiger charge is -2.60. The van der Waals surface area contributed by atoms with Crippen LogP contribution in [0.1, 0.15) is 70.1 Å². The number of esters is 1. The zero-order chi connectivity index (χ0) is 31.1. The molecule has 10 heteroatoms. The molecule has 5 aliphatic rings. The fraction of sp³-hybridized carbons (Fsp3) is 0.588. The normalized spacial score (nSPS) is 36.1. The lowest BCUT2D eigenvalue weighted by Crippen LogP contribution is -2.63. The number of carbonyl (C=O) groups is 2.